The number of fused-ring (bicyclic) bond motifs is 1. The van der Waals surface area contributed by atoms with E-state index >= 15 is 0 Å². The monoisotopic (exact) mass is 406 g/mol. The number of β-lactam (4-membered cyclic amide) rings is 1. The fraction of sp³-hybridized carbons (Fsp3) is 0.714. The number of nitrogens with zero attached hydrogens (tertiary/aromatic N) is 2. The average molecular weight is 406 g/mol. The predicted molar refractivity (Wildman–Crippen MR) is 94.3 cm³/mol. The molecule has 1 amide bonds. The Morgan fingerprint density at radius 1 is 1.50 bits per heavy atom. The van der Waals surface area contributed by atoms with E-state index < -0.39 is 28.2 Å². The molecule has 3 aliphatic rings. The van der Waals surface area contributed by atoms with Gasteiger partial charge in [-0.25, -0.2) is 9.93 Å². The number of hydrogen-bond acceptors (Lipinski definition) is 7. The first kappa shape index (κ1) is 19.7. The Kier molecular flexibility index (Phi) is 5.15. The molecular weight excluding hydrogens is 383 g/mol. The fourth-order valence-corrected chi connectivity index (χ4v) is 4.87. The van der Waals surface area contributed by atoms with Gasteiger partial charge in [0.25, 0.3) is 10.2 Å². The molecule has 0 bridgehead atoms. The number of aliphatic hydroxyl groups is 1. The van der Waals surface area contributed by atoms with Gasteiger partial charge in [0.2, 0.25) is 5.91 Å². The van der Waals surface area contributed by atoms with Gasteiger partial charge in [0.05, 0.1) is 27.5 Å². The first-order valence-electron chi connectivity index (χ1n) is 8.22. The van der Waals surface area contributed by atoms with Gasteiger partial charge in [-0.2, -0.15) is 13.1 Å². The molecule has 12 heteroatoms. The van der Waals surface area contributed by atoms with Gasteiger partial charge < -0.3 is 14.5 Å². The summed E-state index contributed by atoms with van der Waals surface area (Å²) >= 11 is 0. The summed E-state index contributed by atoms with van der Waals surface area (Å²) in [7, 11) is -1.86. The van der Waals surface area contributed by atoms with E-state index in [9.17, 15) is 23.1 Å². The van der Waals surface area contributed by atoms with Crippen molar-refractivity contribution < 1.29 is 27.6 Å². The molecule has 26 heavy (non-hydrogen) atoms. The van der Waals surface area contributed by atoms with Crippen molar-refractivity contribution in [1.82, 2.24) is 14.5 Å². The van der Waals surface area contributed by atoms with E-state index in [4.69, 9.17) is 9.66 Å². The lowest BCUT2D eigenvalue weighted by atomic mass is 9.77. The zero-order valence-electron chi connectivity index (χ0n) is 14.5. The molecule has 0 spiro atoms. The number of likely N-dealkylation sites (tertiary alicyclic amines) is 1. The number of hydrogen-bond donors (Lipinski definition) is 3. The normalized spacial score (nSPS) is 30.7. The fourth-order valence-electron chi connectivity index (χ4n) is 4.14. The third-order valence-corrected chi connectivity index (χ3v) is 6.17. The van der Waals surface area contributed by atoms with E-state index in [0.29, 0.717) is 19.6 Å². The van der Waals surface area contributed by atoms with Gasteiger partial charge in [0.15, 0.2) is 0 Å². The molecule has 2 unspecified atom stereocenters. The van der Waals surface area contributed by atoms with Crippen LogP contribution >= 0.6 is 9.47 Å². The number of amides is 1. The van der Waals surface area contributed by atoms with Gasteiger partial charge in [-0.15, -0.1) is 0 Å². The van der Waals surface area contributed by atoms with Crippen LogP contribution in [0.5, 0.6) is 0 Å². The van der Waals surface area contributed by atoms with Crippen LogP contribution in [0, 0.1) is 11.8 Å². The minimum Gasteiger partial charge on any atom is -0.447 e. The standard InChI is InChI=1S/C14H23N4O6PS/c1-6-9(5-17-3-8(4-17)16-26(15,22)23)12(14(21)24-25)18-11(6)10(7(2)19)13(18)20/h6-8,10-11,16,19H,3-5,25H2,1-2H3,(H2,15,22,23)/t6-,7+,10?,11+/m0/s1. The van der Waals surface area contributed by atoms with Crippen LogP contribution in [-0.4, -0.2) is 73.0 Å². The van der Waals surface area contributed by atoms with Crippen LogP contribution in [0.4, 0.5) is 0 Å². The quantitative estimate of drug-likeness (QED) is 0.339. The molecular formula is C14H23N4O6PS. The zero-order valence-corrected chi connectivity index (χ0v) is 16.4. The van der Waals surface area contributed by atoms with Gasteiger partial charge in [-0.3, -0.25) is 9.69 Å². The van der Waals surface area contributed by atoms with Crippen molar-refractivity contribution >= 4 is 31.6 Å². The smallest absolute Gasteiger partial charge is 0.357 e. The Labute approximate surface area is 154 Å². The number of carbonyl (C=O) groups excluding carboxylic acids is 2. The molecule has 5 atom stereocenters. The largest absolute Gasteiger partial charge is 0.447 e. The molecule has 4 N–H and O–H groups in total. The predicted octanol–water partition coefficient (Wildman–Crippen LogP) is -2.09. The Morgan fingerprint density at radius 3 is 2.62 bits per heavy atom. The van der Waals surface area contributed by atoms with Crippen LogP contribution in [0.1, 0.15) is 13.8 Å². The van der Waals surface area contributed by atoms with Crippen molar-refractivity contribution in [2.45, 2.75) is 32.0 Å². The minimum atomic E-state index is -3.75. The highest BCUT2D eigenvalue weighted by Gasteiger charge is 2.60. The molecule has 0 aliphatic carbocycles. The van der Waals surface area contributed by atoms with Gasteiger partial charge in [-0.1, -0.05) is 6.92 Å². The van der Waals surface area contributed by atoms with E-state index in [1.165, 1.54) is 4.90 Å². The number of aliphatic hydroxyl groups excluding tert-OH is 1. The topological polar surface area (TPSA) is 142 Å². The van der Waals surface area contributed by atoms with Crippen molar-refractivity contribution in [1.29, 1.82) is 0 Å². The lowest BCUT2D eigenvalue weighted by Gasteiger charge is -2.46. The summed E-state index contributed by atoms with van der Waals surface area (Å²) in [5, 5.41) is 14.8. The summed E-state index contributed by atoms with van der Waals surface area (Å²) in [5.74, 6) is -1.55. The first-order chi connectivity index (χ1) is 12.0. The molecule has 0 saturated carbocycles. The average Bonchev–Trinajstić information content (AvgIpc) is 2.72. The van der Waals surface area contributed by atoms with Crippen LogP contribution in [0.2, 0.25) is 0 Å². The summed E-state index contributed by atoms with van der Waals surface area (Å²) < 4.78 is 29.2. The Balaban J connectivity index is 1.76. The van der Waals surface area contributed by atoms with E-state index in [2.05, 4.69) is 4.72 Å². The van der Waals surface area contributed by atoms with Crippen molar-refractivity contribution in [3.05, 3.63) is 11.3 Å². The molecule has 3 rings (SSSR count). The van der Waals surface area contributed by atoms with Crippen LogP contribution < -0.4 is 9.86 Å². The molecule has 0 aromatic rings. The molecule has 2 fully saturated rings. The highest BCUT2D eigenvalue weighted by Crippen LogP contribution is 2.47. The second-order valence-corrected chi connectivity index (χ2v) is 8.65. The molecule has 0 radical (unpaired) electrons. The van der Waals surface area contributed by atoms with Crippen LogP contribution in [0.3, 0.4) is 0 Å². The Hall–Kier alpha value is -1.10. The number of nitrogens with two attached hydrogens (primary N) is 1. The minimum absolute atomic E-state index is 0.114. The van der Waals surface area contributed by atoms with Crippen molar-refractivity contribution in [3.63, 3.8) is 0 Å². The number of nitrogens with one attached hydrogen (secondary N) is 1. The summed E-state index contributed by atoms with van der Waals surface area (Å²) in [5.41, 5.74) is 0.982. The maximum Gasteiger partial charge on any atom is 0.357 e. The lowest BCUT2D eigenvalue weighted by molar-refractivity contribution is -0.162. The van der Waals surface area contributed by atoms with E-state index in [0.717, 1.165) is 5.57 Å². The number of rotatable bonds is 6. The maximum atomic E-state index is 12.4. The van der Waals surface area contributed by atoms with Gasteiger partial charge in [0, 0.05) is 31.6 Å². The molecule has 0 aromatic heterocycles. The molecule has 0 aromatic carbocycles. The van der Waals surface area contributed by atoms with Crippen LogP contribution in [-0.2, 0) is 24.3 Å². The number of carbonyl (C=O) groups is 2. The third-order valence-electron chi connectivity index (χ3n) is 5.30. The van der Waals surface area contributed by atoms with Gasteiger partial charge >= 0.3 is 5.97 Å². The highest BCUT2D eigenvalue weighted by atomic mass is 32.2. The molecule has 3 aliphatic heterocycles. The Morgan fingerprint density at radius 2 is 2.12 bits per heavy atom. The second kappa shape index (κ2) is 6.81. The molecule has 146 valence electrons. The van der Waals surface area contributed by atoms with Crippen molar-refractivity contribution in [3.8, 4) is 0 Å². The van der Waals surface area contributed by atoms with Crippen LogP contribution in [0.25, 0.3) is 0 Å². The SMILES string of the molecule is C[C@@H](O)C1C(=O)N2C(C(=O)OP)=C(CN3CC(NS(N)(=O)=O)C3)[C@H](C)[C@H]12. The zero-order chi connectivity index (χ0) is 19.4. The summed E-state index contributed by atoms with van der Waals surface area (Å²) in [6.07, 6.45) is -0.800. The molecule has 10 nitrogen and oxygen atoms in total. The highest BCUT2D eigenvalue weighted by molar-refractivity contribution is 7.87. The van der Waals surface area contributed by atoms with Crippen LogP contribution in [0.15, 0.2) is 11.3 Å². The summed E-state index contributed by atoms with van der Waals surface area (Å²) in [4.78, 5) is 28.0. The lowest BCUT2D eigenvalue weighted by Crippen LogP contribution is -2.63. The maximum absolute atomic E-state index is 12.4. The third kappa shape index (κ3) is 3.28. The van der Waals surface area contributed by atoms with Gasteiger partial charge in [0.1, 0.15) is 5.70 Å². The van der Waals surface area contributed by atoms with E-state index in [-0.39, 0.29) is 29.6 Å². The van der Waals surface area contributed by atoms with Gasteiger partial charge in [-0.05, 0) is 12.5 Å². The second-order valence-electron chi connectivity index (χ2n) is 7.09. The van der Waals surface area contributed by atoms with E-state index in [1.54, 1.807) is 6.92 Å². The van der Waals surface area contributed by atoms with Crippen molar-refractivity contribution in [2.75, 3.05) is 19.6 Å². The van der Waals surface area contributed by atoms with Crippen molar-refractivity contribution in [2.24, 2.45) is 17.0 Å². The Bertz CT molecular complexity index is 763. The molecule has 2 saturated heterocycles. The molecule has 3 heterocycles. The van der Waals surface area contributed by atoms with E-state index in [1.807, 2.05) is 21.3 Å². The summed E-state index contributed by atoms with van der Waals surface area (Å²) in [6, 6.07) is -0.542. The first-order valence-corrected chi connectivity index (χ1v) is 10.2. The summed E-state index contributed by atoms with van der Waals surface area (Å²) in [6.45, 7) is 4.80.